The summed E-state index contributed by atoms with van der Waals surface area (Å²) in [5, 5.41) is 0. The lowest BCUT2D eigenvalue weighted by molar-refractivity contribution is -0.144. The number of methoxy groups -OCH3 is 1. The van der Waals surface area contributed by atoms with E-state index in [2.05, 4.69) is 4.98 Å². The SMILES string of the molecule is CCOC(=O)C(C=CC(C)C)(Cc1cccnc1)S(=O)(=O)c1ccc(OC)cc1. The van der Waals surface area contributed by atoms with Gasteiger partial charge in [-0.2, -0.15) is 0 Å². The number of rotatable bonds is 9. The van der Waals surface area contributed by atoms with Gasteiger partial charge in [-0.1, -0.05) is 32.1 Å². The number of ether oxygens (including phenoxy) is 2. The molecule has 6 nitrogen and oxygen atoms in total. The van der Waals surface area contributed by atoms with Gasteiger partial charge in [-0.05, 0) is 48.7 Å². The van der Waals surface area contributed by atoms with E-state index in [0.29, 0.717) is 11.3 Å². The summed E-state index contributed by atoms with van der Waals surface area (Å²) in [5.41, 5.74) is 0.617. The molecule has 1 unspecified atom stereocenters. The van der Waals surface area contributed by atoms with Crippen molar-refractivity contribution in [3.63, 3.8) is 0 Å². The van der Waals surface area contributed by atoms with Crippen LogP contribution in [0.5, 0.6) is 5.75 Å². The minimum absolute atomic E-state index is 0.0173. The molecule has 0 N–H and O–H groups in total. The molecule has 0 aliphatic heterocycles. The molecule has 156 valence electrons. The number of allylic oxidation sites excluding steroid dienone is 1. The second-order valence-electron chi connectivity index (χ2n) is 6.93. The molecule has 0 aliphatic carbocycles. The van der Waals surface area contributed by atoms with E-state index in [1.54, 1.807) is 49.7 Å². The molecule has 1 aromatic heterocycles. The maximum Gasteiger partial charge on any atom is 0.332 e. The van der Waals surface area contributed by atoms with E-state index in [9.17, 15) is 13.2 Å². The standard InChI is InChI=1S/C22H27NO5S/c1-5-28-21(24)22(13-12-17(2)3,15-18-7-6-14-23-16-18)29(25,26)20-10-8-19(27-4)9-11-20/h6-14,16-17H,5,15H2,1-4H3. The first kappa shape index (κ1) is 22.6. The Morgan fingerprint density at radius 3 is 2.41 bits per heavy atom. The fraction of sp³-hybridized carbons (Fsp3) is 0.364. The number of hydrogen-bond donors (Lipinski definition) is 0. The molecule has 7 heteroatoms. The van der Waals surface area contributed by atoms with Crippen LogP contribution in [0, 0.1) is 5.92 Å². The van der Waals surface area contributed by atoms with Crippen molar-refractivity contribution in [2.45, 2.75) is 36.8 Å². The average Bonchev–Trinajstić information content (AvgIpc) is 2.71. The molecule has 0 saturated carbocycles. The van der Waals surface area contributed by atoms with E-state index < -0.39 is 20.6 Å². The van der Waals surface area contributed by atoms with Crippen molar-refractivity contribution in [1.29, 1.82) is 0 Å². The molecule has 0 saturated heterocycles. The first-order valence-corrected chi connectivity index (χ1v) is 10.9. The summed E-state index contributed by atoms with van der Waals surface area (Å²) in [7, 11) is -2.65. The van der Waals surface area contributed by atoms with Gasteiger partial charge >= 0.3 is 5.97 Å². The fourth-order valence-electron chi connectivity index (χ4n) is 2.87. The predicted octanol–water partition coefficient (Wildman–Crippen LogP) is 3.62. The largest absolute Gasteiger partial charge is 0.497 e. The molecule has 1 atom stereocenters. The summed E-state index contributed by atoms with van der Waals surface area (Å²) in [4.78, 5) is 17.2. The zero-order valence-corrected chi connectivity index (χ0v) is 18.0. The lowest BCUT2D eigenvalue weighted by Crippen LogP contribution is -2.48. The Kier molecular flexibility index (Phi) is 7.56. The molecule has 2 rings (SSSR count). The number of esters is 1. The van der Waals surface area contributed by atoms with E-state index in [0.717, 1.165) is 0 Å². The molecule has 1 heterocycles. The summed E-state index contributed by atoms with van der Waals surface area (Å²) in [6.45, 7) is 5.55. The molecular formula is C22H27NO5S. The molecule has 1 aromatic carbocycles. The Balaban J connectivity index is 2.71. The number of pyridine rings is 1. The molecule has 2 aromatic rings. The number of benzene rings is 1. The van der Waals surface area contributed by atoms with Gasteiger partial charge in [0.15, 0.2) is 14.6 Å². The summed E-state index contributed by atoms with van der Waals surface area (Å²) >= 11 is 0. The summed E-state index contributed by atoms with van der Waals surface area (Å²) in [6.07, 6.45) is 6.24. The van der Waals surface area contributed by atoms with Crippen LogP contribution in [-0.2, 0) is 25.8 Å². The van der Waals surface area contributed by atoms with Gasteiger partial charge in [-0.3, -0.25) is 4.98 Å². The van der Waals surface area contributed by atoms with E-state index in [1.165, 1.54) is 25.3 Å². The van der Waals surface area contributed by atoms with Crippen molar-refractivity contribution in [3.05, 3.63) is 66.5 Å². The number of carbonyl (C=O) groups is 1. The molecule has 29 heavy (non-hydrogen) atoms. The summed E-state index contributed by atoms with van der Waals surface area (Å²) in [6, 6.07) is 9.44. The Labute approximate surface area is 172 Å². The molecular weight excluding hydrogens is 390 g/mol. The highest BCUT2D eigenvalue weighted by Crippen LogP contribution is 2.34. The summed E-state index contributed by atoms with van der Waals surface area (Å²) < 4.78 is 36.0. The van der Waals surface area contributed by atoms with Crippen LogP contribution in [0.3, 0.4) is 0 Å². The fourth-order valence-corrected chi connectivity index (χ4v) is 4.67. The van der Waals surface area contributed by atoms with Gasteiger partial charge in [0.1, 0.15) is 5.75 Å². The van der Waals surface area contributed by atoms with Crippen LogP contribution in [-0.4, -0.2) is 37.8 Å². The molecule has 0 bridgehead atoms. The van der Waals surface area contributed by atoms with E-state index >= 15 is 0 Å². The van der Waals surface area contributed by atoms with E-state index in [-0.39, 0.29) is 23.8 Å². The van der Waals surface area contributed by atoms with Crippen LogP contribution in [0.2, 0.25) is 0 Å². The van der Waals surface area contributed by atoms with Crippen LogP contribution in [0.1, 0.15) is 26.3 Å². The van der Waals surface area contributed by atoms with Crippen LogP contribution in [0.25, 0.3) is 0 Å². The first-order valence-electron chi connectivity index (χ1n) is 9.41. The lowest BCUT2D eigenvalue weighted by Gasteiger charge is -2.29. The highest BCUT2D eigenvalue weighted by molar-refractivity contribution is 7.93. The summed E-state index contributed by atoms with van der Waals surface area (Å²) in [5.74, 6) is -0.240. The Morgan fingerprint density at radius 1 is 1.21 bits per heavy atom. The third kappa shape index (κ3) is 5.03. The maximum atomic E-state index is 13.8. The average molecular weight is 418 g/mol. The minimum atomic E-state index is -4.15. The second-order valence-corrected chi connectivity index (χ2v) is 9.14. The number of carbonyl (C=O) groups excluding carboxylic acids is 1. The van der Waals surface area contributed by atoms with Crippen LogP contribution < -0.4 is 4.74 Å². The zero-order chi connectivity index (χ0) is 21.5. The molecule has 0 radical (unpaired) electrons. The maximum absolute atomic E-state index is 13.8. The predicted molar refractivity (Wildman–Crippen MR) is 111 cm³/mol. The van der Waals surface area contributed by atoms with E-state index in [4.69, 9.17) is 9.47 Å². The monoisotopic (exact) mass is 417 g/mol. The van der Waals surface area contributed by atoms with E-state index in [1.807, 2.05) is 13.8 Å². The number of hydrogen-bond acceptors (Lipinski definition) is 6. The highest BCUT2D eigenvalue weighted by Gasteiger charge is 2.51. The Hall–Kier alpha value is -2.67. The van der Waals surface area contributed by atoms with Crippen LogP contribution in [0.4, 0.5) is 0 Å². The number of aromatic nitrogens is 1. The van der Waals surface area contributed by atoms with Crippen molar-refractivity contribution in [3.8, 4) is 5.75 Å². The molecule has 0 amide bonds. The van der Waals surface area contributed by atoms with Crippen molar-refractivity contribution in [2.24, 2.45) is 5.92 Å². The zero-order valence-electron chi connectivity index (χ0n) is 17.2. The molecule has 0 spiro atoms. The van der Waals surface area contributed by atoms with Gasteiger partial charge in [0.2, 0.25) is 0 Å². The Bertz CT molecular complexity index is 937. The molecule has 0 aliphatic rings. The van der Waals surface area contributed by atoms with Gasteiger partial charge in [0.25, 0.3) is 0 Å². The topological polar surface area (TPSA) is 82.6 Å². The Morgan fingerprint density at radius 2 is 1.90 bits per heavy atom. The van der Waals surface area contributed by atoms with Gasteiger partial charge in [-0.25, -0.2) is 13.2 Å². The van der Waals surface area contributed by atoms with Crippen LogP contribution >= 0.6 is 0 Å². The van der Waals surface area contributed by atoms with Crippen molar-refractivity contribution >= 4 is 15.8 Å². The van der Waals surface area contributed by atoms with Gasteiger partial charge < -0.3 is 9.47 Å². The van der Waals surface area contributed by atoms with Gasteiger partial charge in [0.05, 0.1) is 18.6 Å². The van der Waals surface area contributed by atoms with Crippen molar-refractivity contribution in [2.75, 3.05) is 13.7 Å². The normalized spacial score (nSPS) is 14.0. The number of nitrogens with zero attached hydrogens (tertiary/aromatic N) is 1. The highest BCUT2D eigenvalue weighted by atomic mass is 32.2. The third-order valence-corrected chi connectivity index (χ3v) is 6.71. The molecule has 0 fully saturated rings. The number of sulfone groups is 1. The third-order valence-electron chi connectivity index (χ3n) is 4.41. The van der Waals surface area contributed by atoms with Gasteiger partial charge in [0, 0.05) is 18.8 Å². The quantitative estimate of drug-likeness (QED) is 0.458. The van der Waals surface area contributed by atoms with Crippen LogP contribution in [0.15, 0.2) is 65.8 Å². The van der Waals surface area contributed by atoms with Crippen molar-refractivity contribution in [1.82, 2.24) is 4.98 Å². The second kappa shape index (κ2) is 9.69. The lowest BCUT2D eigenvalue weighted by atomic mass is 9.97. The van der Waals surface area contributed by atoms with Gasteiger partial charge in [-0.15, -0.1) is 0 Å². The first-order chi connectivity index (χ1) is 13.8. The smallest absolute Gasteiger partial charge is 0.332 e. The van der Waals surface area contributed by atoms with Crippen molar-refractivity contribution < 1.29 is 22.7 Å². The minimum Gasteiger partial charge on any atom is -0.497 e.